The number of benzene rings is 3. The summed E-state index contributed by atoms with van der Waals surface area (Å²) in [6, 6.07) is 25.5. The summed E-state index contributed by atoms with van der Waals surface area (Å²) in [5, 5.41) is 0. The van der Waals surface area contributed by atoms with Crippen LogP contribution in [0.5, 0.6) is 0 Å². The summed E-state index contributed by atoms with van der Waals surface area (Å²) in [7, 11) is 1.34. The van der Waals surface area contributed by atoms with Crippen molar-refractivity contribution < 1.29 is 19.1 Å². The molecule has 5 heteroatoms. The highest BCUT2D eigenvalue weighted by Crippen LogP contribution is 2.19. The van der Waals surface area contributed by atoms with E-state index in [0.29, 0.717) is 5.69 Å². The number of hydrogen-bond donors (Lipinski definition) is 0. The molecule has 0 aliphatic heterocycles. The molecule has 0 fully saturated rings. The minimum Gasteiger partial charge on any atom is -0.469 e. The van der Waals surface area contributed by atoms with Gasteiger partial charge in [-0.05, 0) is 28.8 Å². The van der Waals surface area contributed by atoms with Gasteiger partial charge in [-0.2, -0.15) is 0 Å². The first-order chi connectivity index (χ1) is 14.6. The molecule has 0 saturated carbocycles. The molecule has 0 spiro atoms. The maximum Gasteiger partial charge on any atom is 0.309 e. The topological polar surface area (TPSA) is 63.7 Å². The Balaban J connectivity index is 1.85. The van der Waals surface area contributed by atoms with Gasteiger partial charge in [-0.25, -0.2) is 0 Å². The maximum absolute atomic E-state index is 13.1. The summed E-state index contributed by atoms with van der Waals surface area (Å²) in [5.41, 5.74) is 2.90. The Kier molecular flexibility index (Phi) is 7.11. The first kappa shape index (κ1) is 21.0. The molecular weight excluding hydrogens is 378 g/mol. The molecule has 0 unspecified atom stereocenters. The Morgan fingerprint density at radius 3 is 1.50 bits per heavy atom. The average molecular weight is 401 g/mol. The number of amides is 2. The van der Waals surface area contributed by atoms with Crippen molar-refractivity contribution in [3.05, 3.63) is 102 Å². The number of methoxy groups -OCH3 is 1. The van der Waals surface area contributed by atoms with Crippen molar-refractivity contribution in [3.8, 4) is 0 Å². The zero-order valence-corrected chi connectivity index (χ0v) is 16.8. The molecule has 3 aromatic carbocycles. The van der Waals surface area contributed by atoms with Crippen LogP contribution in [0, 0.1) is 0 Å². The molecule has 0 aliphatic rings. The zero-order valence-electron chi connectivity index (χ0n) is 16.8. The molecule has 0 saturated heterocycles. The van der Waals surface area contributed by atoms with E-state index in [1.54, 1.807) is 24.3 Å². The largest absolute Gasteiger partial charge is 0.469 e. The number of nitrogens with zero attached hydrogens (tertiary/aromatic N) is 1. The summed E-state index contributed by atoms with van der Waals surface area (Å²) in [4.78, 5) is 38.9. The van der Waals surface area contributed by atoms with Crippen LogP contribution >= 0.6 is 0 Å². The quantitative estimate of drug-likeness (QED) is 0.566. The second-order valence-electron chi connectivity index (χ2n) is 6.87. The van der Waals surface area contributed by atoms with Crippen molar-refractivity contribution in [1.29, 1.82) is 0 Å². The van der Waals surface area contributed by atoms with Gasteiger partial charge in [0.05, 0.1) is 32.1 Å². The van der Waals surface area contributed by atoms with E-state index in [-0.39, 0.29) is 37.0 Å². The molecule has 3 aromatic rings. The van der Waals surface area contributed by atoms with E-state index in [0.717, 1.165) is 16.7 Å². The van der Waals surface area contributed by atoms with Crippen LogP contribution in [0.4, 0.5) is 5.69 Å². The summed E-state index contributed by atoms with van der Waals surface area (Å²) in [5.74, 6) is -0.953. The van der Waals surface area contributed by atoms with Gasteiger partial charge in [-0.15, -0.1) is 0 Å². The minimum atomic E-state index is -0.347. The van der Waals surface area contributed by atoms with Gasteiger partial charge in [-0.3, -0.25) is 19.3 Å². The van der Waals surface area contributed by atoms with Gasteiger partial charge in [0.15, 0.2) is 0 Å². The highest BCUT2D eigenvalue weighted by Gasteiger charge is 2.24. The Labute approximate surface area is 175 Å². The predicted octanol–water partition coefficient (Wildman–Crippen LogP) is 3.75. The van der Waals surface area contributed by atoms with Crippen LogP contribution in [0.1, 0.15) is 16.7 Å². The van der Waals surface area contributed by atoms with Crippen molar-refractivity contribution in [3.63, 3.8) is 0 Å². The van der Waals surface area contributed by atoms with Crippen molar-refractivity contribution in [2.45, 2.75) is 19.3 Å². The molecule has 0 aromatic heterocycles. The standard InChI is InChI=1S/C25H23NO4/c1-30-25(29)18-21-12-14-22(15-13-21)26(23(27)16-19-8-4-2-5-9-19)24(28)17-20-10-6-3-7-11-20/h2-15H,16-18H2,1H3. The number of hydrogen-bond acceptors (Lipinski definition) is 4. The lowest BCUT2D eigenvalue weighted by molar-refractivity contribution is -0.139. The van der Waals surface area contributed by atoms with E-state index in [2.05, 4.69) is 4.74 Å². The van der Waals surface area contributed by atoms with E-state index >= 15 is 0 Å². The number of carbonyl (C=O) groups is 3. The highest BCUT2D eigenvalue weighted by atomic mass is 16.5. The van der Waals surface area contributed by atoms with Crippen molar-refractivity contribution in [2.75, 3.05) is 12.0 Å². The molecular formula is C25H23NO4. The molecule has 152 valence electrons. The molecule has 5 nitrogen and oxygen atoms in total. The van der Waals surface area contributed by atoms with Crippen molar-refractivity contribution in [1.82, 2.24) is 0 Å². The smallest absolute Gasteiger partial charge is 0.309 e. The van der Waals surface area contributed by atoms with Gasteiger partial charge in [0, 0.05) is 0 Å². The second-order valence-corrected chi connectivity index (χ2v) is 6.87. The number of carbonyl (C=O) groups excluding carboxylic acids is 3. The fourth-order valence-corrected chi connectivity index (χ4v) is 3.13. The van der Waals surface area contributed by atoms with Gasteiger partial charge in [0.2, 0.25) is 11.8 Å². The van der Waals surface area contributed by atoms with Crippen LogP contribution in [0.2, 0.25) is 0 Å². The first-order valence-electron chi connectivity index (χ1n) is 9.66. The zero-order chi connectivity index (χ0) is 21.3. The fourth-order valence-electron chi connectivity index (χ4n) is 3.13. The number of esters is 1. The third-order valence-electron chi connectivity index (χ3n) is 4.67. The van der Waals surface area contributed by atoms with E-state index in [1.807, 2.05) is 60.7 Å². The molecule has 30 heavy (non-hydrogen) atoms. The van der Waals surface area contributed by atoms with Gasteiger partial charge in [0.1, 0.15) is 0 Å². The molecule has 0 heterocycles. The highest BCUT2D eigenvalue weighted by molar-refractivity contribution is 6.15. The monoisotopic (exact) mass is 401 g/mol. The van der Waals surface area contributed by atoms with Gasteiger partial charge in [-0.1, -0.05) is 72.8 Å². The predicted molar refractivity (Wildman–Crippen MR) is 115 cm³/mol. The molecule has 0 aliphatic carbocycles. The average Bonchev–Trinajstić information content (AvgIpc) is 2.76. The van der Waals surface area contributed by atoms with Gasteiger partial charge in [0.25, 0.3) is 0 Å². The Morgan fingerprint density at radius 2 is 1.07 bits per heavy atom. The fraction of sp³-hybridized carbons (Fsp3) is 0.160. The van der Waals surface area contributed by atoms with E-state index in [1.165, 1.54) is 12.0 Å². The maximum atomic E-state index is 13.1. The van der Waals surface area contributed by atoms with Crippen LogP contribution in [-0.2, 0) is 38.4 Å². The first-order valence-corrected chi connectivity index (χ1v) is 9.66. The summed E-state index contributed by atoms with van der Waals surface area (Å²) in [6.07, 6.45) is 0.364. The summed E-state index contributed by atoms with van der Waals surface area (Å²) < 4.78 is 4.68. The normalized spacial score (nSPS) is 10.3. The van der Waals surface area contributed by atoms with Gasteiger partial charge < -0.3 is 4.74 Å². The molecule has 0 atom stereocenters. The molecule has 3 rings (SSSR count). The number of anilines is 1. The molecule has 2 amide bonds. The van der Waals surface area contributed by atoms with E-state index in [9.17, 15) is 14.4 Å². The van der Waals surface area contributed by atoms with Gasteiger partial charge >= 0.3 is 5.97 Å². The minimum absolute atomic E-state index is 0.116. The van der Waals surface area contributed by atoms with E-state index < -0.39 is 0 Å². The van der Waals surface area contributed by atoms with Crippen LogP contribution in [-0.4, -0.2) is 24.9 Å². The van der Waals surface area contributed by atoms with Crippen LogP contribution in [0.25, 0.3) is 0 Å². The third-order valence-corrected chi connectivity index (χ3v) is 4.67. The molecule has 0 N–H and O–H groups in total. The molecule has 0 radical (unpaired) electrons. The summed E-state index contributed by atoms with van der Waals surface area (Å²) in [6.45, 7) is 0. The second kappa shape index (κ2) is 10.2. The third kappa shape index (κ3) is 5.64. The van der Waals surface area contributed by atoms with Crippen LogP contribution < -0.4 is 4.90 Å². The molecule has 0 bridgehead atoms. The summed E-state index contributed by atoms with van der Waals surface area (Å²) >= 11 is 0. The Hall–Kier alpha value is -3.73. The number of imide groups is 1. The number of rotatable bonds is 7. The van der Waals surface area contributed by atoms with E-state index in [4.69, 9.17) is 0 Å². The lowest BCUT2D eigenvalue weighted by atomic mass is 10.1. The van der Waals surface area contributed by atoms with Crippen molar-refractivity contribution >= 4 is 23.5 Å². The van der Waals surface area contributed by atoms with Crippen molar-refractivity contribution in [2.24, 2.45) is 0 Å². The lowest BCUT2D eigenvalue weighted by Crippen LogP contribution is -2.39. The van der Waals surface area contributed by atoms with Crippen LogP contribution in [0.3, 0.4) is 0 Å². The van der Waals surface area contributed by atoms with Crippen LogP contribution in [0.15, 0.2) is 84.9 Å². The SMILES string of the molecule is COC(=O)Cc1ccc(N(C(=O)Cc2ccccc2)C(=O)Cc2ccccc2)cc1. The number of ether oxygens (including phenoxy) is 1. The Morgan fingerprint density at radius 1 is 0.633 bits per heavy atom. The Bertz CT molecular complexity index is 945. The lowest BCUT2D eigenvalue weighted by Gasteiger charge is -2.22.